The molecule has 134 valence electrons. The first kappa shape index (κ1) is 18.9. The lowest BCUT2D eigenvalue weighted by Crippen LogP contribution is -2.32. The number of nitrogens with zero attached hydrogens (tertiary/aromatic N) is 1. The highest BCUT2D eigenvalue weighted by molar-refractivity contribution is 6.29. The standard InChI is InChI=1S/C18H22ClN3O3/c1-18(2,3)25-17(23)20-11-12-5-7-13(8-6-12)21-14-9-10-15(19)22-16(14)24-4/h5-10,21H,11H2,1-4H3,(H,20,23). The SMILES string of the molecule is COc1nc(Cl)ccc1Nc1ccc(CNC(=O)OC(C)(C)C)cc1. The normalized spacial score (nSPS) is 10.9. The van der Waals surface area contributed by atoms with Crippen LogP contribution < -0.4 is 15.4 Å². The summed E-state index contributed by atoms with van der Waals surface area (Å²) in [5.74, 6) is 0.420. The summed E-state index contributed by atoms with van der Waals surface area (Å²) in [5.41, 5.74) is 2.02. The molecule has 6 nitrogen and oxygen atoms in total. The number of nitrogens with one attached hydrogen (secondary N) is 2. The van der Waals surface area contributed by atoms with Gasteiger partial charge in [0.25, 0.3) is 0 Å². The molecule has 0 bridgehead atoms. The van der Waals surface area contributed by atoms with Gasteiger partial charge in [0.2, 0.25) is 5.88 Å². The van der Waals surface area contributed by atoms with Gasteiger partial charge >= 0.3 is 6.09 Å². The van der Waals surface area contributed by atoms with Crippen LogP contribution >= 0.6 is 11.6 Å². The van der Waals surface area contributed by atoms with Crippen LogP contribution in [0.5, 0.6) is 5.88 Å². The van der Waals surface area contributed by atoms with E-state index in [1.807, 2.05) is 45.0 Å². The zero-order valence-corrected chi connectivity index (χ0v) is 15.5. The first-order valence-corrected chi connectivity index (χ1v) is 8.18. The van der Waals surface area contributed by atoms with Crippen molar-refractivity contribution in [2.45, 2.75) is 32.9 Å². The number of halogens is 1. The molecule has 2 aromatic rings. The van der Waals surface area contributed by atoms with Crippen LogP contribution in [0, 0.1) is 0 Å². The molecule has 25 heavy (non-hydrogen) atoms. The lowest BCUT2D eigenvalue weighted by atomic mass is 10.2. The molecule has 2 rings (SSSR count). The summed E-state index contributed by atoms with van der Waals surface area (Å²) in [7, 11) is 1.54. The third-order valence-electron chi connectivity index (χ3n) is 3.09. The monoisotopic (exact) mass is 363 g/mol. The van der Waals surface area contributed by atoms with E-state index in [-0.39, 0.29) is 0 Å². The number of benzene rings is 1. The van der Waals surface area contributed by atoms with Crippen LogP contribution in [-0.4, -0.2) is 23.8 Å². The molecule has 0 fully saturated rings. The summed E-state index contributed by atoms with van der Waals surface area (Å²) in [6.07, 6.45) is -0.438. The molecular formula is C18H22ClN3O3. The van der Waals surface area contributed by atoms with E-state index in [2.05, 4.69) is 15.6 Å². The molecule has 0 radical (unpaired) electrons. The van der Waals surface area contributed by atoms with Gasteiger partial charge in [-0.15, -0.1) is 0 Å². The number of aromatic nitrogens is 1. The Hall–Kier alpha value is -2.47. The van der Waals surface area contributed by atoms with E-state index in [1.54, 1.807) is 12.1 Å². The van der Waals surface area contributed by atoms with Crippen molar-refractivity contribution >= 4 is 29.1 Å². The fourth-order valence-corrected chi connectivity index (χ4v) is 2.16. The number of hydrogen-bond donors (Lipinski definition) is 2. The molecule has 0 atom stereocenters. The molecule has 1 heterocycles. The van der Waals surface area contributed by atoms with Crippen LogP contribution in [0.4, 0.5) is 16.2 Å². The molecule has 0 saturated carbocycles. The van der Waals surface area contributed by atoms with Crippen LogP contribution in [0.3, 0.4) is 0 Å². The molecular weight excluding hydrogens is 342 g/mol. The predicted octanol–water partition coefficient (Wildman–Crippen LogP) is 4.51. The van der Waals surface area contributed by atoms with E-state index in [1.165, 1.54) is 7.11 Å². The number of alkyl carbamates (subject to hydrolysis) is 1. The number of pyridine rings is 1. The third-order valence-corrected chi connectivity index (χ3v) is 3.30. The number of carbonyl (C=O) groups excluding carboxylic acids is 1. The van der Waals surface area contributed by atoms with Crippen LogP contribution in [0.15, 0.2) is 36.4 Å². The lowest BCUT2D eigenvalue weighted by Gasteiger charge is -2.19. The Morgan fingerprint density at radius 2 is 1.84 bits per heavy atom. The summed E-state index contributed by atoms with van der Waals surface area (Å²) >= 11 is 5.86. The minimum atomic E-state index is -0.510. The van der Waals surface area contributed by atoms with Gasteiger partial charge in [0, 0.05) is 12.2 Å². The maximum atomic E-state index is 11.7. The second kappa shape index (κ2) is 8.07. The average molecular weight is 364 g/mol. The summed E-state index contributed by atoms with van der Waals surface area (Å²) in [6, 6.07) is 11.1. The number of carbonyl (C=O) groups is 1. The molecule has 0 aliphatic heterocycles. The Bertz CT molecular complexity index is 727. The van der Waals surface area contributed by atoms with Crippen molar-refractivity contribution in [1.29, 1.82) is 0 Å². The number of amides is 1. The Balaban J connectivity index is 1.95. The molecule has 0 aliphatic rings. The molecule has 0 saturated heterocycles. The zero-order valence-electron chi connectivity index (χ0n) is 14.7. The number of hydrogen-bond acceptors (Lipinski definition) is 5. The highest BCUT2D eigenvalue weighted by Crippen LogP contribution is 2.27. The van der Waals surface area contributed by atoms with Gasteiger partial charge in [-0.25, -0.2) is 4.79 Å². The Morgan fingerprint density at radius 1 is 1.16 bits per heavy atom. The third kappa shape index (κ3) is 6.15. The Kier molecular flexibility index (Phi) is 6.09. The van der Waals surface area contributed by atoms with Gasteiger partial charge in [-0.3, -0.25) is 0 Å². The fourth-order valence-electron chi connectivity index (χ4n) is 2.02. The zero-order chi connectivity index (χ0) is 18.4. The van der Waals surface area contributed by atoms with Crippen molar-refractivity contribution in [1.82, 2.24) is 10.3 Å². The van der Waals surface area contributed by atoms with Gasteiger partial charge in [-0.1, -0.05) is 23.7 Å². The molecule has 7 heteroatoms. The van der Waals surface area contributed by atoms with Gasteiger partial charge in [0.15, 0.2) is 0 Å². The summed E-state index contributed by atoms with van der Waals surface area (Å²) < 4.78 is 10.4. The van der Waals surface area contributed by atoms with E-state index >= 15 is 0 Å². The van der Waals surface area contributed by atoms with Gasteiger partial charge < -0.3 is 20.1 Å². The van der Waals surface area contributed by atoms with Crippen LogP contribution in [-0.2, 0) is 11.3 Å². The summed E-state index contributed by atoms with van der Waals surface area (Å²) in [5, 5.41) is 6.31. The van der Waals surface area contributed by atoms with Crippen molar-refractivity contribution in [2.24, 2.45) is 0 Å². The van der Waals surface area contributed by atoms with Gasteiger partial charge in [0.1, 0.15) is 16.4 Å². The first-order chi connectivity index (χ1) is 11.8. The van der Waals surface area contributed by atoms with Gasteiger partial charge in [-0.05, 0) is 50.6 Å². The number of methoxy groups -OCH3 is 1. The van der Waals surface area contributed by atoms with E-state index in [4.69, 9.17) is 21.1 Å². The molecule has 1 aromatic heterocycles. The van der Waals surface area contributed by atoms with E-state index in [0.717, 1.165) is 11.3 Å². The molecule has 1 aromatic carbocycles. The molecule has 0 unspecified atom stereocenters. The van der Waals surface area contributed by atoms with Crippen molar-refractivity contribution in [2.75, 3.05) is 12.4 Å². The quantitative estimate of drug-likeness (QED) is 0.764. The molecule has 1 amide bonds. The summed E-state index contributed by atoms with van der Waals surface area (Å²) in [4.78, 5) is 15.8. The minimum absolute atomic E-state index is 0.367. The van der Waals surface area contributed by atoms with Crippen molar-refractivity contribution in [3.63, 3.8) is 0 Å². The second-order valence-corrected chi connectivity index (χ2v) is 6.76. The molecule has 0 spiro atoms. The van der Waals surface area contributed by atoms with Crippen LogP contribution in [0.25, 0.3) is 0 Å². The topological polar surface area (TPSA) is 72.5 Å². The first-order valence-electron chi connectivity index (χ1n) is 7.80. The minimum Gasteiger partial charge on any atom is -0.479 e. The molecule has 2 N–H and O–H groups in total. The van der Waals surface area contributed by atoms with E-state index < -0.39 is 11.7 Å². The Labute approximate surface area is 152 Å². The maximum Gasteiger partial charge on any atom is 0.407 e. The Morgan fingerprint density at radius 3 is 2.44 bits per heavy atom. The number of anilines is 2. The smallest absolute Gasteiger partial charge is 0.407 e. The van der Waals surface area contributed by atoms with E-state index in [0.29, 0.717) is 23.3 Å². The number of ether oxygens (including phenoxy) is 2. The van der Waals surface area contributed by atoms with Crippen LogP contribution in [0.2, 0.25) is 5.15 Å². The van der Waals surface area contributed by atoms with Crippen molar-refractivity contribution in [3.8, 4) is 5.88 Å². The van der Waals surface area contributed by atoms with Crippen molar-refractivity contribution < 1.29 is 14.3 Å². The highest BCUT2D eigenvalue weighted by Gasteiger charge is 2.15. The largest absolute Gasteiger partial charge is 0.479 e. The second-order valence-electron chi connectivity index (χ2n) is 6.37. The summed E-state index contributed by atoms with van der Waals surface area (Å²) in [6.45, 7) is 5.87. The maximum absolute atomic E-state index is 11.7. The number of rotatable bonds is 5. The van der Waals surface area contributed by atoms with Gasteiger partial charge in [0.05, 0.1) is 7.11 Å². The average Bonchev–Trinajstić information content (AvgIpc) is 2.54. The van der Waals surface area contributed by atoms with Crippen molar-refractivity contribution in [3.05, 3.63) is 47.1 Å². The van der Waals surface area contributed by atoms with Gasteiger partial charge in [-0.2, -0.15) is 4.98 Å². The van der Waals surface area contributed by atoms with E-state index in [9.17, 15) is 4.79 Å². The predicted molar refractivity (Wildman–Crippen MR) is 98.6 cm³/mol. The lowest BCUT2D eigenvalue weighted by molar-refractivity contribution is 0.0523. The highest BCUT2D eigenvalue weighted by atomic mass is 35.5. The molecule has 0 aliphatic carbocycles. The fraction of sp³-hybridized carbons (Fsp3) is 0.333. The van der Waals surface area contributed by atoms with Crippen LogP contribution in [0.1, 0.15) is 26.3 Å².